The zero-order valence-electron chi connectivity index (χ0n) is 10.2. The molecule has 88 valence electrons. The van der Waals surface area contributed by atoms with Crippen molar-refractivity contribution in [2.24, 2.45) is 0 Å². The zero-order valence-corrected chi connectivity index (χ0v) is 10.2. The molecule has 0 bridgehead atoms. The summed E-state index contributed by atoms with van der Waals surface area (Å²) in [5.74, 6) is 0. The Hall–Kier alpha value is -0.120. The molecule has 0 aromatic carbocycles. The van der Waals surface area contributed by atoms with Gasteiger partial charge < -0.3 is 9.47 Å². The highest BCUT2D eigenvalue weighted by atomic mass is 16.6. The van der Waals surface area contributed by atoms with E-state index >= 15 is 0 Å². The second-order valence-electron chi connectivity index (χ2n) is 5.74. The van der Waals surface area contributed by atoms with Crippen molar-refractivity contribution < 1.29 is 9.47 Å². The van der Waals surface area contributed by atoms with Crippen molar-refractivity contribution >= 4 is 0 Å². The highest BCUT2D eigenvalue weighted by molar-refractivity contribution is 4.92. The smallest absolute Gasteiger partial charge is 0.0940 e. The summed E-state index contributed by atoms with van der Waals surface area (Å²) in [5.41, 5.74) is 0.330. The molecule has 15 heavy (non-hydrogen) atoms. The molecular weight excluding hydrogens is 190 g/mol. The van der Waals surface area contributed by atoms with Gasteiger partial charge in [-0.1, -0.05) is 0 Å². The van der Waals surface area contributed by atoms with Crippen LogP contribution < -0.4 is 0 Å². The third-order valence-electron chi connectivity index (χ3n) is 3.62. The fourth-order valence-corrected chi connectivity index (χ4v) is 2.49. The molecule has 0 aromatic heterocycles. The quantitative estimate of drug-likeness (QED) is 0.611. The van der Waals surface area contributed by atoms with Gasteiger partial charge in [-0.25, -0.2) is 0 Å². The molecule has 0 amide bonds. The van der Waals surface area contributed by atoms with Gasteiger partial charge in [-0.15, -0.1) is 0 Å². The van der Waals surface area contributed by atoms with Crippen LogP contribution in [-0.4, -0.2) is 49.0 Å². The molecule has 2 rings (SSSR count). The molecule has 0 atom stereocenters. The molecule has 0 aromatic rings. The van der Waals surface area contributed by atoms with Crippen LogP contribution in [0.15, 0.2) is 0 Å². The van der Waals surface area contributed by atoms with Gasteiger partial charge in [0.1, 0.15) is 0 Å². The molecule has 2 fully saturated rings. The van der Waals surface area contributed by atoms with E-state index in [0.717, 1.165) is 45.8 Å². The first-order valence-corrected chi connectivity index (χ1v) is 5.99. The summed E-state index contributed by atoms with van der Waals surface area (Å²) < 4.78 is 11.5. The maximum Gasteiger partial charge on any atom is 0.0940 e. The monoisotopic (exact) mass is 213 g/mol. The van der Waals surface area contributed by atoms with Crippen LogP contribution in [0.3, 0.4) is 0 Å². The lowest BCUT2D eigenvalue weighted by atomic mass is 9.89. The summed E-state index contributed by atoms with van der Waals surface area (Å²) in [6.07, 6.45) is 2.23. The van der Waals surface area contributed by atoms with Gasteiger partial charge in [-0.05, 0) is 33.6 Å². The molecule has 0 N–H and O–H groups in total. The standard InChI is InChI=1S/C12H23NO2/c1-11(2,3)13-6-4-12(5-7-13)10-14-8-9-15-12/h4-10H2,1-3H3. The first-order chi connectivity index (χ1) is 7.02. The SMILES string of the molecule is CC(C)(C)N1CCC2(CC1)COCCO2. The Balaban J connectivity index is 1.91. The van der Waals surface area contributed by atoms with Crippen molar-refractivity contribution in [1.82, 2.24) is 4.90 Å². The van der Waals surface area contributed by atoms with E-state index in [4.69, 9.17) is 9.47 Å². The Morgan fingerprint density at radius 2 is 1.73 bits per heavy atom. The number of hydrogen-bond acceptors (Lipinski definition) is 3. The van der Waals surface area contributed by atoms with Crippen molar-refractivity contribution in [1.29, 1.82) is 0 Å². The summed E-state index contributed by atoms with van der Waals surface area (Å²) in [5, 5.41) is 0. The van der Waals surface area contributed by atoms with Gasteiger partial charge in [0.2, 0.25) is 0 Å². The van der Waals surface area contributed by atoms with E-state index in [1.54, 1.807) is 0 Å². The predicted octanol–water partition coefficient (Wildman–Crippen LogP) is 1.67. The second-order valence-corrected chi connectivity index (χ2v) is 5.74. The molecule has 0 saturated carbocycles. The number of nitrogens with zero attached hydrogens (tertiary/aromatic N) is 1. The normalized spacial score (nSPS) is 28.2. The van der Waals surface area contributed by atoms with Gasteiger partial charge in [-0.3, -0.25) is 4.90 Å². The minimum Gasteiger partial charge on any atom is -0.376 e. The average molecular weight is 213 g/mol. The summed E-state index contributed by atoms with van der Waals surface area (Å²) in [7, 11) is 0. The van der Waals surface area contributed by atoms with Crippen LogP contribution in [-0.2, 0) is 9.47 Å². The number of rotatable bonds is 0. The summed E-state index contributed by atoms with van der Waals surface area (Å²) >= 11 is 0. The maximum absolute atomic E-state index is 5.92. The molecule has 2 heterocycles. The Labute approximate surface area is 92.7 Å². The Kier molecular flexibility index (Phi) is 3.06. The minimum absolute atomic E-state index is 0.0417. The highest BCUT2D eigenvalue weighted by Crippen LogP contribution is 2.31. The highest BCUT2D eigenvalue weighted by Gasteiger charge is 2.39. The summed E-state index contributed by atoms with van der Waals surface area (Å²) in [6, 6.07) is 0. The predicted molar refractivity (Wildman–Crippen MR) is 60.1 cm³/mol. The van der Waals surface area contributed by atoms with Crippen LogP contribution in [0.4, 0.5) is 0 Å². The molecule has 1 spiro atoms. The van der Waals surface area contributed by atoms with Crippen molar-refractivity contribution in [3.05, 3.63) is 0 Å². The summed E-state index contributed by atoms with van der Waals surface area (Å²) in [6.45, 7) is 11.4. The minimum atomic E-state index is 0.0417. The molecule has 0 aliphatic carbocycles. The zero-order chi connectivity index (χ0) is 10.9. The van der Waals surface area contributed by atoms with Gasteiger partial charge in [0.15, 0.2) is 0 Å². The molecule has 0 unspecified atom stereocenters. The van der Waals surface area contributed by atoms with Crippen LogP contribution in [0, 0.1) is 0 Å². The second kappa shape index (κ2) is 4.04. The van der Waals surface area contributed by atoms with E-state index in [9.17, 15) is 0 Å². The third kappa shape index (κ3) is 2.52. The Bertz CT molecular complexity index is 206. The largest absolute Gasteiger partial charge is 0.376 e. The molecule has 2 aliphatic rings. The molecule has 0 radical (unpaired) electrons. The average Bonchev–Trinajstić information content (AvgIpc) is 2.18. The first-order valence-electron chi connectivity index (χ1n) is 5.99. The van der Waals surface area contributed by atoms with Crippen molar-refractivity contribution in [2.45, 2.75) is 44.8 Å². The Morgan fingerprint density at radius 3 is 2.20 bits per heavy atom. The third-order valence-corrected chi connectivity index (χ3v) is 3.62. The lowest BCUT2D eigenvalue weighted by molar-refractivity contribution is -0.181. The van der Waals surface area contributed by atoms with Crippen LogP contribution in [0.1, 0.15) is 33.6 Å². The van der Waals surface area contributed by atoms with Crippen LogP contribution in [0.2, 0.25) is 0 Å². The number of ether oxygens (including phenoxy) is 2. The van der Waals surface area contributed by atoms with Gasteiger partial charge in [-0.2, -0.15) is 0 Å². The van der Waals surface area contributed by atoms with Crippen LogP contribution in [0.25, 0.3) is 0 Å². The fraction of sp³-hybridized carbons (Fsp3) is 1.00. The lowest BCUT2D eigenvalue weighted by Crippen LogP contribution is -2.55. The van der Waals surface area contributed by atoms with E-state index in [1.165, 1.54) is 0 Å². The van der Waals surface area contributed by atoms with E-state index in [-0.39, 0.29) is 11.1 Å². The molecule has 2 saturated heterocycles. The van der Waals surface area contributed by atoms with Gasteiger partial charge in [0.25, 0.3) is 0 Å². The van der Waals surface area contributed by atoms with Crippen LogP contribution in [0.5, 0.6) is 0 Å². The van der Waals surface area contributed by atoms with Crippen LogP contribution >= 0.6 is 0 Å². The number of likely N-dealkylation sites (tertiary alicyclic amines) is 1. The van der Waals surface area contributed by atoms with Crippen molar-refractivity contribution in [2.75, 3.05) is 32.9 Å². The Morgan fingerprint density at radius 1 is 1.07 bits per heavy atom. The molecular formula is C12H23NO2. The fourth-order valence-electron chi connectivity index (χ4n) is 2.49. The van der Waals surface area contributed by atoms with E-state index in [0.29, 0.717) is 0 Å². The topological polar surface area (TPSA) is 21.7 Å². The van der Waals surface area contributed by atoms with E-state index in [2.05, 4.69) is 25.7 Å². The number of hydrogen-bond donors (Lipinski definition) is 0. The van der Waals surface area contributed by atoms with E-state index in [1.807, 2.05) is 0 Å². The number of piperidine rings is 1. The molecule has 3 heteroatoms. The maximum atomic E-state index is 5.92. The lowest BCUT2D eigenvalue weighted by Gasteiger charge is -2.47. The van der Waals surface area contributed by atoms with Crippen molar-refractivity contribution in [3.8, 4) is 0 Å². The molecule has 2 aliphatic heterocycles. The van der Waals surface area contributed by atoms with Gasteiger partial charge in [0, 0.05) is 18.6 Å². The van der Waals surface area contributed by atoms with E-state index < -0.39 is 0 Å². The first kappa shape index (κ1) is 11.4. The van der Waals surface area contributed by atoms with Crippen molar-refractivity contribution in [3.63, 3.8) is 0 Å². The van der Waals surface area contributed by atoms with Gasteiger partial charge >= 0.3 is 0 Å². The van der Waals surface area contributed by atoms with Gasteiger partial charge in [0.05, 0.1) is 25.4 Å². The molecule has 3 nitrogen and oxygen atoms in total. The summed E-state index contributed by atoms with van der Waals surface area (Å²) in [4.78, 5) is 2.54.